The van der Waals surface area contributed by atoms with Gasteiger partial charge >= 0.3 is 0 Å². The van der Waals surface area contributed by atoms with Gasteiger partial charge in [-0.05, 0) is 24.3 Å². The highest BCUT2D eigenvalue weighted by Crippen LogP contribution is 2.37. The van der Waals surface area contributed by atoms with Gasteiger partial charge in [-0.3, -0.25) is 4.98 Å². The van der Waals surface area contributed by atoms with Crippen molar-refractivity contribution in [1.82, 2.24) is 4.98 Å². The lowest BCUT2D eigenvalue weighted by molar-refractivity contribution is 0.355. The molecule has 3 rings (SSSR count). The smallest absolute Gasteiger partial charge is 0.162 e. The molecular weight excluding hydrogens is 292 g/mol. The summed E-state index contributed by atoms with van der Waals surface area (Å²) in [4.78, 5) is 4.37. The number of nitrogens with zero attached hydrogens (tertiary/aromatic N) is 1. The highest BCUT2D eigenvalue weighted by molar-refractivity contribution is 5.88. The van der Waals surface area contributed by atoms with Crippen LogP contribution in [-0.4, -0.2) is 26.3 Å². The number of fused-ring (bicyclic) bond motifs is 1. The Labute approximate surface area is 134 Å². The summed E-state index contributed by atoms with van der Waals surface area (Å²) >= 11 is 0. The molecule has 0 fully saturated rings. The van der Waals surface area contributed by atoms with Gasteiger partial charge in [0.1, 0.15) is 11.5 Å². The maximum atomic E-state index is 6.03. The third-order valence-corrected chi connectivity index (χ3v) is 3.56. The Balaban J connectivity index is 2.06. The van der Waals surface area contributed by atoms with Crippen molar-refractivity contribution in [3.63, 3.8) is 0 Å². The lowest BCUT2D eigenvalue weighted by Crippen LogP contribution is -1.94. The van der Waals surface area contributed by atoms with Crippen molar-refractivity contribution in [2.45, 2.75) is 0 Å². The van der Waals surface area contributed by atoms with E-state index in [0.717, 1.165) is 22.3 Å². The van der Waals surface area contributed by atoms with Crippen LogP contribution in [0.1, 0.15) is 0 Å². The lowest BCUT2D eigenvalue weighted by atomic mass is 10.2. The van der Waals surface area contributed by atoms with Crippen molar-refractivity contribution >= 4 is 16.6 Å². The largest absolute Gasteiger partial charge is 0.493 e. The molecular formula is C18H18N2O3. The predicted octanol–water partition coefficient (Wildman–Crippen LogP) is 4.09. The number of rotatable bonds is 5. The van der Waals surface area contributed by atoms with Crippen molar-refractivity contribution in [3.8, 4) is 23.0 Å². The molecule has 3 aromatic rings. The molecule has 0 atom stereocenters. The van der Waals surface area contributed by atoms with Gasteiger partial charge in [-0.15, -0.1) is 0 Å². The average molecular weight is 310 g/mol. The number of ether oxygens (including phenoxy) is 3. The van der Waals surface area contributed by atoms with E-state index >= 15 is 0 Å². The molecule has 118 valence electrons. The minimum atomic E-state index is 0.641. The van der Waals surface area contributed by atoms with Gasteiger partial charge in [-0.1, -0.05) is 6.07 Å². The molecule has 1 N–H and O–H groups in total. The van der Waals surface area contributed by atoms with Crippen LogP contribution in [-0.2, 0) is 0 Å². The van der Waals surface area contributed by atoms with Crippen LogP contribution in [0.4, 0.5) is 5.69 Å². The fraction of sp³-hybridized carbons (Fsp3) is 0.167. The van der Waals surface area contributed by atoms with Crippen molar-refractivity contribution in [1.29, 1.82) is 0 Å². The number of aromatic nitrogens is 1. The molecule has 0 saturated carbocycles. The fourth-order valence-corrected chi connectivity index (χ4v) is 2.38. The van der Waals surface area contributed by atoms with Crippen molar-refractivity contribution in [2.75, 3.05) is 26.6 Å². The van der Waals surface area contributed by atoms with Crippen molar-refractivity contribution in [2.24, 2.45) is 0 Å². The van der Waals surface area contributed by atoms with E-state index in [4.69, 9.17) is 14.2 Å². The first-order chi connectivity index (χ1) is 11.2. The van der Waals surface area contributed by atoms with Crippen molar-refractivity contribution in [3.05, 3.63) is 48.7 Å². The van der Waals surface area contributed by atoms with E-state index in [1.807, 2.05) is 49.5 Å². The topological polar surface area (TPSA) is 52.6 Å². The van der Waals surface area contributed by atoms with Crippen LogP contribution in [0, 0.1) is 0 Å². The Morgan fingerprint density at radius 1 is 0.913 bits per heavy atom. The third kappa shape index (κ3) is 2.99. The molecule has 23 heavy (non-hydrogen) atoms. The Hall–Kier alpha value is -2.95. The summed E-state index contributed by atoms with van der Waals surface area (Å²) in [6.07, 6.45) is 1.71. The second-order valence-electron chi connectivity index (χ2n) is 4.91. The van der Waals surface area contributed by atoms with Gasteiger partial charge < -0.3 is 19.5 Å². The Morgan fingerprint density at radius 2 is 1.70 bits per heavy atom. The minimum absolute atomic E-state index is 0.641. The maximum absolute atomic E-state index is 6.03. The Morgan fingerprint density at radius 3 is 2.43 bits per heavy atom. The van der Waals surface area contributed by atoms with Gasteiger partial charge in [0.25, 0.3) is 0 Å². The Bertz CT molecular complexity index is 834. The van der Waals surface area contributed by atoms with Gasteiger partial charge in [-0.2, -0.15) is 0 Å². The number of methoxy groups -OCH3 is 2. The summed E-state index contributed by atoms with van der Waals surface area (Å²) in [6, 6.07) is 13.3. The van der Waals surface area contributed by atoms with E-state index in [0.29, 0.717) is 17.2 Å². The SMILES string of the molecule is CNc1cccc(Oc2ccnc3cc(OC)c(OC)cc23)c1. The number of pyridine rings is 1. The molecule has 0 saturated heterocycles. The molecule has 0 aliphatic heterocycles. The van der Waals surface area contributed by atoms with Crippen LogP contribution in [0.2, 0.25) is 0 Å². The molecule has 0 radical (unpaired) electrons. The summed E-state index contributed by atoms with van der Waals surface area (Å²) in [5.41, 5.74) is 1.77. The number of nitrogens with one attached hydrogen (secondary N) is 1. The zero-order valence-electron chi connectivity index (χ0n) is 13.3. The van der Waals surface area contributed by atoms with Gasteiger partial charge in [0.05, 0.1) is 19.7 Å². The first-order valence-corrected chi connectivity index (χ1v) is 7.21. The molecule has 1 aromatic heterocycles. The molecule has 0 bridgehead atoms. The molecule has 0 spiro atoms. The minimum Gasteiger partial charge on any atom is -0.493 e. The Kier molecular flexibility index (Phi) is 4.19. The van der Waals surface area contributed by atoms with Crippen LogP contribution in [0.15, 0.2) is 48.7 Å². The monoisotopic (exact) mass is 310 g/mol. The zero-order valence-corrected chi connectivity index (χ0v) is 13.3. The molecule has 1 heterocycles. The molecule has 5 heteroatoms. The first-order valence-electron chi connectivity index (χ1n) is 7.21. The van der Waals surface area contributed by atoms with Gasteiger partial charge in [-0.25, -0.2) is 0 Å². The van der Waals surface area contributed by atoms with Crippen LogP contribution in [0.25, 0.3) is 10.9 Å². The summed E-state index contributed by atoms with van der Waals surface area (Å²) in [5.74, 6) is 2.74. The standard InChI is InChI=1S/C18H18N2O3/c1-19-12-5-4-6-13(9-12)23-16-7-8-20-15-11-18(22-3)17(21-2)10-14(15)16/h4-11,19H,1-3H3. The van der Waals surface area contributed by atoms with Gasteiger partial charge in [0.2, 0.25) is 0 Å². The second-order valence-corrected chi connectivity index (χ2v) is 4.91. The molecule has 5 nitrogen and oxygen atoms in total. The van der Waals surface area contributed by atoms with Crippen LogP contribution < -0.4 is 19.5 Å². The van der Waals surface area contributed by atoms with E-state index < -0.39 is 0 Å². The van der Waals surface area contributed by atoms with Gasteiger partial charge in [0, 0.05) is 36.5 Å². The highest BCUT2D eigenvalue weighted by atomic mass is 16.5. The fourth-order valence-electron chi connectivity index (χ4n) is 2.38. The summed E-state index contributed by atoms with van der Waals surface area (Å²) in [5, 5.41) is 3.96. The predicted molar refractivity (Wildman–Crippen MR) is 90.9 cm³/mol. The second kappa shape index (κ2) is 6.44. The molecule has 2 aromatic carbocycles. The summed E-state index contributed by atoms with van der Waals surface area (Å²) < 4.78 is 16.7. The molecule has 0 aliphatic carbocycles. The lowest BCUT2D eigenvalue weighted by Gasteiger charge is -2.12. The van der Waals surface area contributed by atoms with E-state index in [9.17, 15) is 0 Å². The molecule has 0 aliphatic rings. The van der Waals surface area contributed by atoms with Crippen LogP contribution >= 0.6 is 0 Å². The van der Waals surface area contributed by atoms with E-state index in [2.05, 4.69) is 10.3 Å². The molecule has 0 amide bonds. The van der Waals surface area contributed by atoms with Crippen LogP contribution in [0.5, 0.6) is 23.0 Å². The quantitative estimate of drug-likeness (QED) is 0.769. The summed E-state index contributed by atoms with van der Waals surface area (Å²) in [7, 11) is 5.09. The number of anilines is 1. The van der Waals surface area contributed by atoms with Crippen molar-refractivity contribution < 1.29 is 14.2 Å². The maximum Gasteiger partial charge on any atom is 0.162 e. The van der Waals surface area contributed by atoms with E-state index in [1.54, 1.807) is 20.4 Å². The normalized spacial score (nSPS) is 10.4. The third-order valence-electron chi connectivity index (χ3n) is 3.56. The van der Waals surface area contributed by atoms with Crippen LogP contribution in [0.3, 0.4) is 0 Å². The van der Waals surface area contributed by atoms with E-state index in [1.165, 1.54) is 0 Å². The summed E-state index contributed by atoms with van der Waals surface area (Å²) in [6.45, 7) is 0. The number of benzene rings is 2. The number of hydrogen-bond acceptors (Lipinski definition) is 5. The molecule has 0 unspecified atom stereocenters. The average Bonchev–Trinajstić information content (AvgIpc) is 2.61. The van der Waals surface area contributed by atoms with Gasteiger partial charge in [0.15, 0.2) is 11.5 Å². The highest BCUT2D eigenvalue weighted by Gasteiger charge is 2.11. The zero-order chi connectivity index (χ0) is 16.2. The first kappa shape index (κ1) is 15.0. The number of hydrogen-bond donors (Lipinski definition) is 1. The van der Waals surface area contributed by atoms with E-state index in [-0.39, 0.29) is 0 Å².